The van der Waals surface area contributed by atoms with E-state index < -0.39 is 0 Å². The third-order valence-electron chi connectivity index (χ3n) is 2.51. The molecule has 2 aromatic heterocycles. The van der Waals surface area contributed by atoms with E-state index in [4.69, 9.17) is 0 Å². The summed E-state index contributed by atoms with van der Waals surface area (Å²) >= 11 is 1.77. The van der Waals surface area contributed by atoms with Crippen LogP contribution in [-0.2, 0) is 0 Å². The van der Waals surface area contributed by atoms with Gasteiger partial charge in [-0.25, -0.2) is 0 Å². The number of rotatable bonds is 3. The van der Waals surface area contributed by atoms with Crippen LogP contribution >= 0.6 is 32.0 Å². The van der Waals surface area contributed by atoms with Crippen molar-refractivity contribution in [1.29, 1.82) is 0 Å². The molecule has 0 amide bonds. The fraction of sp³-hybridized carbons (Fsp3) is 0. The first-order valence-corrected chi connectivity index (χ1v) is 8.65. The molecule has 0 bridgehead atoms. The number of thiophene rings is 1. The Morgan fingerprint density at radius 2 is 1.72 bits per heavy atom. The van der Waals surface area contributed by atoms with Gasteiger partial charge < -0.3 is 0 Å². The summed E-state index contributed by atoms with van der Waals surface area (Å²) in [6.07, 6.45) is 4.37. The van der Waals surface area contributed by atoms with Crippen LogP contribution in [0.5, 0.6) is 0 Å². The summed E-state index contributed by atoms with van der Waals surface area (Å²) in [6.45, 7) is 0. The number of hydrogen-bond acceptors (Lipinski definition) is 2. The van der Waals surface area contributed by atoms with Crippen molar-refractivity contribution >= 4 is 44.2 Å². The minimum atomic E-state index is 1.30. The minimum Gasteiger partial charge on any atom is -0.144 e. The maximum absolute atomic E-state index is 2.26. The predicted octanol–water partition coefficient (Wildman–Crippen LogP) is 5.99. The van der Waals surface area contributed by atoms with Crippen LogP contribution in [0.3, 0.4) is 0 Å². The second-order valence-corrected chi connectivity index (χ2v) is 7.02. The average molecular weight is 287 g/mol. The lowest BCUT2D eigenvalue weighted by Gasteiger charge is -1.86. The highest BCUT2D eigenvalue weighted by molar-refractivity contribution is 7.71. The summed E-state index contributed by atoms with van der Waals surface area (Å²) in [5.41, 5.74) is 1.30. The molecule has 2 heterocycles. The summed E-state index contributed by atoms with van der Waals surface area (Å²) in [5.74, 6) is 0. The molecule has 0 N–H and O–H groups in total. The highest BCUT2D eigenvalue weighted by Crippen LogP contribution is 2.32. The van der Waals surface area contributed by atoms with Gasteiger partial charge in [0.05, 0.1) is 4.88 Å². The van der Waals surface area contributed by atoms with Crippen molar-refractivity contribution in [2.24, 2.45) is 0 Å². The molecule has 0 fully saturated rings. The SMILES string of the molecule is C(=C\c1cc(-c2ccccc2)[s+]s1)/c1cccs1. The molecule has 3 rings (SSSR count). The topological polar surface area (TPSA) is 0 Å². The Morgan fingerprint density at radius 3 is 2.50 bits per heavy atom. The van der Waals surface area contributed by atoms with Gasteiger partial charge in [-0.1, -0.05) is 24.3 Å². The zero-order valence-electron chi connectivity index (χ0n) is 9.58. The minimum absolute atomic E-state index is 1.30. The molecule has 0 radical (unpaired) electrons. The van der Waals surface area contributed by atoms with Gasteiger partial charge in [-0.3, -0.25) is 0 Å². The van der Waals surface area contributed by atoms with Crippen LogP contribution in [0, 0.1) is 0 Å². The highest BCUT2D eigenvalue weighted by Gasteiger charge is 2.13. The van der Waals surface area contributed by atoms with E-state index >= 15 is 0 Å². The molecule has 1 aromatic carbocycles. The summed E-state index contributed by atoms with van der Waals surface area (Å²) in [4.78, 5) is 3.95. The van der Waals surface area contributed by atoms with Crippen LogP contribution in [0.4, 0.5) is 0 Å². The Balaban J connectivity index is 1.82. The first kappa shape index (κ1) is 11.8. The van der Waals surface area contributed by atoms with E-state index in [-0.39, 0.29) is 0 Å². The van der Waals surface area contributed by atoms with Crippen LogP contribution in [0.1, 0.15) is 9.75 Å². The monoisotopic (exact) mass is 287 g/mol. The molecule has 0 aliphatic carbocycles. The molecule has 0 aliphatic heterocycles. The molecule has 88 valence electrons. The lowest BCUT2D eigenvalue weighted by molar-refractivity contribution is 1.70. The second-order valence-electron chi connectivity index (χ2n) is 3.79. The third kappa shape index (κ3) is 2.75. The molecule has 0 saturated heterocycles. The smallest absolute Gasteiger partial charge is 0.144 e. The predicted molar refractivity (Wildman–Crippen MR) is 85.3 cm³/mol. The van der Waals surface area contributed by atoms with Crippen LogP contribution in [0.15, 0.2) is 53.9 Å². The van der Waals surface area contributed by atoms with E-state index in [0.717, 1.165) is 0 Å². The molecule has 0 aliphatic rings. The molecule has 0 nitrogen and oxygen atoms in total. The van der Waals surface area contributed by atoms with Gasteiger partial charge in [0.15, 0.2) is 10.3 Å². The van der Waals surface area contributed by atoms with Crippen molar-refractivity contribution in [2.45, 2.75) is 0 Å². The van der Waals surface area contributed by atoms with Gasteiger partial charge in [0, 0.05) is 16.5 Å². The van der Waals surface area contributed by atoms with Crippen molar-refractivity contribution in [3.05, 3.63) is 63.7 Å². The maximum atomic E-state index is 2.26. The molecular weight excluding hydrogens is 276 g/mol. The Hall–Kier alpha value is -1.29. The zero-order chi connectivity index (χ0) is 12.2. The van der Waals surface area contributed by atoms with E-state index in [0.29, 0.717) is 0 Å². The lowest BCUT2D eigenvalue weighted by atomic mass is 10.2. The lowest BCUT2D eigenvalue weighted by Crippen LogP contribution is -1.68. The van der Waals surface area contributed by atoms with Crippen molar-refractivity contribution in [2.75, 3.05) is 0 Å². The first-order valence-electron chi connectivity index (χ1n) is 5.62. The largest absolute Gasteiger partial charge is 0.301 e. The Kier molecular flexibility index (Phi) is 3.64. The van der Waals surface area contributed by atoms with E-state index in [1.165, 1.54) is 20.2 Å². The molecule has 3 heteroatoms. The quantitative estimate of drug-likeness (QED) is 0.410. The molecule has 18 heavy (non-hydrogen) atoms. The molecular formula is C15H11S3+. The summed E-state index contributed by atoms with van der Waals surface area (Å²) in [5, 5.41) is 2.10. The molecule has 0 unspecified atom stereocenters. The standard InChI is InChI=1S/C15H11S3/c1-2-5-12(6-3-1)15-11-14(17-18-15)9-8-13-7-4-10-16-13/h1-11H/q+1. The van der Waals surface area contributed by atoms with Gasteiger partial charge in [0.1, 0.15) is 0 Å². The van der Waals surface area contributed by atoms with Gasteiger partial charge in [0.2, 0.25) is 0 Å². The van der Waals surface area contributed by atoms with Gasteiger partial charge in [-0.05, 0) is 35.7 Å². The Morgan fingerprint density at radius 1 is 0.889 bits per heavy atom. The first-order chi connectivity index (χ1) is 8.92. The normalized spacial score (nSPS) is 11.1. The molecule has 0 saturated carbocycles. The fourth-order valence-corrected chi connectivity index (χ4v) is 4.51. The van der Waals surface area contributed by atoms with Gasteiger partial charge in [-0.15, -0.1) is 11.3 Å². The molecule has 0 atom stereocenters. The fourth-order valence-electron chi connectivity index (χ4n) is 1.63. The molecule has 3 aromatic rings. The summed E-state index contributed by atoms with van der Waals surface area (Å²) in [7, 11) is 3.66. The maximum Gasteiger partial charge on any atom is 0.301 e. The molecule has 0 spiro atoms. The van der Waals surface area contributed by atoms with Crippen molar-refractivity contribution in [3.63, 3.8) is 0 Å². The average Bonchev–Trinajstić information content (AvgIpc) is 3.09. The highest BCUT2D eigenvalue weighted by atomic mass is 32.9. The van der Waals surface area contributed by atoms with Crippen LogP contribution in [0.25, 0.3) is 22.6 Å². The van der Waals surface area contributed by atoms with Crippen LogP contribution in [0.2, 0.25) is 0 Å². The summed E-state index contributed by atoms with van der Waals surface area (Å²) < 4.78 is 0. The van der Waals surface area contributed by atoms with Crippen LogP contribution < -0.4 is 0 Å². The Bertz CT molecular complexity index is 633. The number of hydrogen-bond donors (Lipinski definition) is 0. The van der Waals surface area contributed by atoms with Gasteiger partial charge in [-0.2, -0.15) is 0 Å². The van der Waals surface area contributed by atoms with Gasteiger partial charge in [0.25, 0.3) is 4.88 Å². The van der Waals surface area contributed by atoms with Gasteiger partial charge >= 0.3 is 10.3 Å². The van der Waals surface area contributed by atoms with Crippen molar-refractivity contribution < 1.29 is 0 Å². The van der Waals surface area contributed by atoms with E-state index in [2.05, 4.69) is 66.1 Å². The van der Waals surface area contributed by atoms with Crippen molar-refractivity contribution in [1.82, 2.24) is 0 Å². The second kappa shape index (κ2) is 5.57. The third-order valence-corrected chi connectivity index (χ3v) is 5.78. The van der Waals surface area contributed by atoms with Crippen LogP contribution in [-0.4, -0.2) is 0 Å². The van der Waals surface area contributed by atoms with Crippen molar-refractivity contribution in [3.8, 4) is 10.4 Å². The summed E-state index contributed by atoms with van der Waals surface area (Å²) in [6, 6.07) is 17.0. The zero-order valence-corrected chi connectivity index (χ0v) is 12.0. The number of benzene rings is 1. The van der Waals surface area contributed by atoms with E-state index in [9.17, 15) is 0 Å². The Labute approximate surface area is 118 Å². The van der Waals surface area contributed by atoms with E-state index in [1.807, 2.05) is 20.7 Å². The van der Waals surface area contributed by atoms with E-state index in [1.54, 1.807) is 11.3 Å².